The van der Waals surface area contributed by atoms with E-state index >= 15 is 0 Å². The van der Waals surface area contributed by atoms with Crippen molar-refractivity contribution >= 4 is 27.5 Å². The van der Waals surface area contributed by atoms with Crippen LogP contribution in [0.4, 0.5) is 5.69 Å². The Kier molecular flexibility index (Phi) is 2.22. The number of benzene rings is 1. The van der Waals surface area contributed by atoms with E-state index in [2.05, 4.69) is 15.9 Å². The molecule has 1 aliphatic rings. The van der Waals surface area contributed by atoms with Crippen LogP contribution in [-0.2, 0) is 6.54 Å². The maximum Gasteiger partial charge on any atom is 0.282 e. The number of carbonyl (C=O) groups excluding carboxylic acids is 1. The van der Waals surface area contributed by atoms with Crippen molar-refractivity contribution in [3.63, 3.8) is 0 Å². The average molecular weight is 271 g/mol. The zero-order chi connectivity index (χ0) is 11.2. The minimum atomic E-state index is -0.525. The quantitative estimate of drug-likeness (QED) is 0.579. The highest BCUT2D eigenvalue weighted by Gasteiger charge is 2.33. The van der Waals surface area contributed by atoms with Crippen LogP contribution in [-0.4, -0.2) is 22.8 Å². The second kappa shape index (κ2) is 3.30. The van der Waals surface area contributed by atoms with Gasteiger partial charge in [-0.25, -0.2) is 0 Å². The molecule has 5 nitrogen and oxygen atoms in total. The Morgan fingerprint density at radius 1 is 1.53 bits per heavy atom. The maximum absolute atomic E-state index is 11.7. The van der Waals surface area contributed by atoms with Gasteiger partial charge in [-0.1, -0.05) is 15.9 Å². The molecule has 0 radical (unpaired) electrons. The molecule has 0 bridgehead atoms. The highest BCUT2D eigenvalue weighted by Crippen LogP contribution is 2.34. The molecule has 1 aromatic rings. The Hall–Kier alpha value is -1.43. The molecule has 0 aliphatic carbocycles. The van der Waals surface area contributed by atoms with E-state index in [1.54, 1.807) is 13.1 Å². The Morgan fingerprint density at radius 3 is 2.80 bits per heavy atom. The number of hydrogen-bond donors (Lipinski definition) is 0. The van der Waals surface area contributed by atoms with Gasteiger partial charge in [0.2, 0.25) is 0 Å². The fourth-order valence-electron chi connectivity index (χ4n) is 1.66. The summed E-state index contributed by atoms with van der Waals surface area (Å²) in [7, 11) is 1.62. The first-order valence-electron chi connectivity index (χ1n) is 4.23. The van der Waals surface area contributed by atoms with E-state index in [0.29, 0.717) is 12.1 Å². The molecule has 15 heavy (non-hydrogen) atoms. The molecule has 2 rings (SSSR count). The normalized spacial score (nSPS) is 14.3. The van der Waals surface area contributed by atoms with Crippen LogP contribution < -0.4 is 0 Å². The van der Waals surface area contributed by atoms with Crippen LogP contribution in [0.3, 0.4) is 0 Å². The van der Waals surface area contributed by atoms with Crippen molar-refractivity contribution in [1.82, 2.24) is 4.90 Å². The highest BCUT2D eigenvalue weighted by molar-refractivity contribution is 9.10. The third-order valence-electron chi connectivity index (χ3n) is 2.39. The predicted octanol–water partition coefficient (Wildman–Crippen LogP) is 1.94. The molecule has 0 aromatic heterocycles. The first-order chi connectivity index (χ1) is 7.02. The highest BCUT2D eigenvalue weighted by atomic mass is 79.9. The molecular weight excluding hydrogens is 264 g/mol. The summed E-state index contributed by atoms with van der Waals surface area (Å²) >= 11 is 3.28. The molecule has 6 heteroatoms. The lowest BCUT2D eigenvalue weighted by Gasteiger charge is -2.04. The SMILES string of the molecule is CN1Cc2c(Br)ccc([N+](=O)[O-])c2C1=O. The standard InChI is InChI=1S/C9H7BrN2O3/c1-11-4-5-6(10)2-3-7(12(14)15)8(5)9(11)13/h2-3H,4H2,1H3. The van der Waals surface area contributed by atoms with Crippen LogP contribution in [0.25, 0.3) is 0 Å². The van der Waals surface area contributed by atoms with E-state index in [1.165, 1.54) is 11.0 Å². The largest absolute Gasteiger partial charge is 0.337 e. The molecule has 0 spiro atoms. The van der Waals surface area contributed by atoms with E-state index in [9.17, 15) is 14.9 Å². The van der Waals surface area contributed by atoms with Crippen molar-refractivity contribution in [3.8, 4) is 0 Å². The fraction of sp³-hybridized carbons (Fsp3) is 0.222. The lowest BCUT2D eigenvalue weighted by molar-refractivity contribution is -0.385. The zero-order valence-electron chi connectivity index (χ0n) is 7.86. The molecule has 0 saturated carbocycles. The van der Waals surface area contributed by atoms with Gasteiger partial charge in [0, 0.05) is 29.7 Å². The van der Waals surface area contributed by atoms with Gasteiger partial charge in [0.05, 0.1) is 4.92 Å². The third-order valence-corrected chi connectivity index (χ3v) is 3.13. The molecule has 0 N–H and O–H groups in total. The van der Waals surface area contributed by atoms with Crippen molar-refractivity contribution in [3.05, 3.63) is 37.8 Å². The summed E-state index contributed by atoms with van der Waals surface area (Å²) < 4.78 is 0.737. The first-order valence-corrected chi connectivity index (χ1v) is 5.03. The Bertz CT molecular complexity index is 473. The van der Waals surface area contributed by atoms with Crippen molar-refractivity contribution in [2.24, 2.45) is 0 Å². The van der Waals surface area contributed by atoms with E-state index in [1.807, 2.05) is 0 Å². The number of carbonyl (C=O) groups is 1. The number of nitro groups is 1. The number of nitro benzene ring substituents is 1. The van der Waals surface area contributed by atoms with Crippen LogP contribution in [0.1, 0.15) is 15.9 Å². The Morgan fingerprint density at radius 2 is 2.20 bits per heavy atom. The molecule has 0 fully saturated rings. The second-order valence-corrected chi connectivity index (χ2v) is 4.19. The van der Waals surface area contributed by atoms with Gasteiger partial charge in [0.25, 0.3) is 11.6 Å². The molecule has 0 unspecified atom stereocenters. The zero-order valence-corrected chi connectivity index (χ0v) is 9.44. The third kappa shape index (κ3) is 1.41. The Labute approximate surface area is 94.0 Å². The average Bonchev–Trinajstić information content (AvgIpc) is 2.46. The summed E-state index contributed by atoms with van der Waals surface area (Å²) in [4.78, 5) is 23.4. The molecular formula is C9H7BrN2O3. The van der Waals surface area contributed by atoms with E-state index in [-0.39, 0.29) is 17.2 Å². The van der Waals surface area contributed by atoms with E-state index in [0.717, 1.165) is 4.47 Å². The van der Waals surface area contributed by atoms with Gasteiger partial charge >= 0.3 is 0 Å². The van der Waals surface area contributed by atoms with Gasteiger partial charge in [-0.15, -0.1) is 0 Å². The second-order valence-electron chi connectivity index (χ2n) is 3.34. The van der Waals surface area contributed by atoms with E-state index in [4.69, 9.17) is 0 Å². The summed E-state index contributed by atoms with van der Waals surface area (Å²) in [5.74, 6) is -0.294. The number of nitrogens with zero attached hydrogens (tertiary/aromatic N) is 2. The van der Waals surface area contributed by atoms with Crippen molar-refractivity contribution in [2.45, 2.75) is 6.54 Å². The molecule has 0 saturated heterocycles. The molecule has 0 atom stereocenters. The first kappa shape index (κ1) is 10.1. The number of rotatable bonds is 1. The summed E-state index contributed by atoms with van der Waals surface area (Å²) in [6.45, 7) is 0.413. The van der Waals surface area contributed by atoms with Gasteiger partial charge in [-0.2, -0.15) is 0 Å². The van der Waals surface area contributed by atoms with Crippen molar-refractivity contribution in [1.29, 1.82) is 0 Å². The molecule has 1 amide bonds. The maximum atomic E-state index is 11.7. The number of hydrogen-bond acceptors (Lipinski definition) is 3. The van der Waals surface area contributed by atoms with Gasteiger partial charge in [0.15, 0.2) is 0 Å². The summed E-state index contributed by atoms with van der Waals surface area (Å²) in [5, 5.41) is 10.7. The summed E-state index contributed by atoms with van der Waals surface area (Å²) in [5.41, 5.74) is 0.774. The fourth-order valence-corrected chi connectivity index (χ4v) is 2.11. The van der Waals surface area contributed by atoms with Crippen LogP contribution in [0.15, 0.2) is 16.6 Å². The van der Waals surface area contributed by atoms with E-state index < -0.39 is 4.92 Å². The van der Waals surface area contributed by atoms with Crippen molar-refractivity contribution < 1.29 is 9.72 Å². The minimum Gasteiger partial charge on any atom is -0.337 e. The van der Waals surface area contributed by atoms with Crippen LogP contribution in [0.5, 0.6) is 0 Å². The van der Waals surface area contributed by atoms with Crippen LogP contribution >= 0.6 is 15.9 Å². The lowest BCUT2D eigenvalue weighted by Crippen LogP contribution is -2.18. The predicted molar refractivity (Wildman–Crippen MR) is 56.6 cm³/mol. The van der Waals surface area contributed by atoms with Gasteiger partial charge in [-0.3, -0.25) is 14.9 Å². The molecule has 1 aliphatic heterocycles. The Balaban J connectivity index is 2.71. The number of fused-ring (bicyclic) bond motifs is 1. The molecule has 1 aromatic carbocycles. The van der Waals surface area contributed by atoms with Gasteiger partial charge in [0.1, 0.15) is 5.56 Å². The van der Waals surface area contributed by atoms with Crippen molar-refractivity contribution in [2.75, 3.05) is 7.05 Å². The van der Waals surface area contributed by atoms with Gasteiger partial charge < -0.3 is 4.90 Å². The van der Waals surface area contributed by atoms with Crippen LogP contribution in [0.2, 0.25) is 0 Å². The monoisotopic (exact) mass is 270 g/mol. The van der Waals surface area contributed by atoms with Gasteiger partial charge in [-0.05, 0) is 6.07 Å². The lowest BCUT2D eigenvalue weighted by atomic mass is 10.1. The summed E-state index contributed by atoms with van der Waals surface area (Å²) in [6.07, 6.45) is 0. The molecule has 1 heterocycles. The topological polar surface area (TPSA) is 63.4 Å². The summed E-state index contributed by atoms with van der Waals surface area (Å²) in [6, 6.07) is 2.95. The number of halogens is 1. The minimum absolute atomic E-state index is 0.123. The smallest absolute Gasteiger partial charge is 0.282 e. The number of amides is 1. The molecule has 78 valence electrons. The van der Waals surface area contributed by atoms with Crippen LogP contribution in [0, 0.1) is 10.1 Å².